The molecule has 0 aromatic carbocycles. The fourth-order valence-corrected chi connectivity index (χ4v) is 1.44. The molecule has 0 saturated carbocycles. The number of pyridine rings is 1. The fourth-order valence-electron chi connectivity index (χ4n) is 1.44. The molecule has 1 aromatic heterocycles. The highest BCUT2D eigenvalue weighted by Gasteiger charge is 2.08. The van der Waals surface area contributed by atoms with Crippen molar-refractivity contribution in [3.8, 4) is 0 Å². The third-order valence-corrected chi connectivity index (χ3v) is 2.53. The summed E-state index contributed by atoms with van der Waals surface area (Å²) >= 11 is 0. The van der Waals surface area contributed by atoms with Gasteiger partial charge < -0.3 is 14.7 Å². The Morgan fingerprint density at radius 2 is 2.28 bits per heavy atom. The quantitative estimate of drug-likeness (QED) is 0.777. The molecule has 0 aliphatic rings. The first-order valence-corrected chi connectivity index (χ1v) is 6.07. The highest BCUT2D eigenvalue weighted by Crippen LogP contribution is 2.11. The van der Waals surface area contributed by atoms with Gasteiger partial charge in [-0.05, 0) is 32.4 Å². The third kappa shape index (κ3) is 4.33. The maximum atomic E-state index is 11.4. The Labute approximate surface area is 107 Å². The first kappa shape index (κ1) is 14.4. The Hall–Kier alpha value is -1.62. The van der Waals surface area contributed by atoms with E-state index in [9.17, 15) is 9.90 Å². The van der Waals surface area contributed by atoms with Crippen molar-refractivity contribution in [3.05, 3.63) is 23.9 Å². The molecule has 0 aliphatic carbocycles. The van der Waals surface area contributed by atoms with Crippen molar-refractivity contribution in [2.45, 2.75) is 26.4 Å². The number of rotatable bonds is 6. The summed E-state index contributed by atoms with van der Waals surface area (Å²) in [5.74, 6) is 0.409. The number of aliphatic hydroxyl groups is 1. The van der Waals surface area contributed by atoms with Gasteiger partial charge in [-0.1, -0.05) is 0 Å². The molecule has 1 aromatic rings. The van der Waals surface area contributed by atoms with Crippen LogP contribution in [0.1, 0.15) is 30.6 Å². The largest absolute Gasteiger partial charge is 0.462 e. The molecule has 0 aliphatic heterocycles. The summed E-state index contributed by atoms with van der Waals surface area (Å²) in [5.41, 5.74) is 0.449. The number of esters is 1. The molecule has 100 valence electrons. The van der Waals surface area contributed by atoms with E-state index in [1.807, 2.05) is 11.9 Å². The zero-order chi connectivity index (χ0) is 13.5. The summed E-state index contributed by atoms with van der Waals surface area (Å²) in [7, 11) is 1.90. The fraction of sp³-hybridized carbons (Fsp3) is 0.538. The van der Waals surface area contributed by atoms with E-state index in [4.69, 9.17) is 4.74 Å². The summed E-state index contributed by atoms with van der Waals surface area (Å²) in [5, 5.41) is 9.22. The van der Waals surface area contributed by atoms with Crippen LogP contribution in [0.3, 0.4) is 0 Å². The Balaban J connectivity index is 2.61. The van der Waals surface area contributed by atoms with E-state index in [0.717, 1.165) is 5.82 Å². The SMILES string of the molecule is CCOC(=O)c1ccc(N(C)CCC(C)O)nc1. The number of anilines is 1. The van der Waals surface area contributed by atoms with E-state index in [1.54, 1.807) is 26.0 Å². The smallest absolute Gasteiger partial charge is 0.339 e. The summed E-state index contributed by atoms with van der Waals surface area (Å²) in [6, 6.07) is 3.47. The van der Waals surface area contributed by atoms with Gasteiger partial charge in [0, 0.05) is 19.8 Å². The molecule has 1 heterocycles. The number of carbonyl (C=O) groups excluding carboxylic acids is 1. The standard InChI is InChI=1S/C13H20N2O3/c1-4-18-13(17)11-5-6-12(14-9-11)15(3)8-7-10(2)16/h5-6,9-10,16H,4,7-8H2,1-3H3. The molecule has 0 bridgehead atoms. The average Bonchev–Trinajstić information content (AvgIpc) is 2.36. The lowest BCUT2D eigenvalue weighted by Crippen LogP contribution is -2.22. The van der Waals surface area contributed by atoms with Gasteiger partial charge >= 0.3 is 5.97 Å². The van der Waals surface area contributed by atoms with E-state index >= 15 is 0 Å². The van der Waals surface area contributed by atoms with Crippen LogP contribution in [0.15, 0.2) is 18.3 Å². The van der Waals surface area contributed by atoms with Gasteiger partial charge in [-0.15, -0.1) is 0 Å². The average molecular weight is 252 g/mol. The first-order valence-electron chi connectivity index (χ1n) is 6.07. The monoisotopic (exact) mass is 252 g/mol. The van der Waals surface area contributed by atoms with Gasteiger partial charge in [0.2, 0.25) is 0 Å². The minimum Gasteiger partial charge on any atom is -0.462 e. The van der Waals surface area contributed by atoms with Crippen LogP contribution in [0, 0.1) is 0 Å². The number of nitrogens with zero attached hydrogens (tertiary/aromatic N) is 2. The van der Waals surface area contributed by atoms with Crippen LogP contribution in [0.5, 0.6) is 0 Å². The first-order chi connectivity index (χ1) is 8.54. The summed E-state index contributed by atoms with van der Waals surface area (Å²) in [6.45, 7) is 4.59. The third-order valence-electron chi connectivity index (χ3n) is 2.53. The summed E-state index contributed by atoms with van der Waals surface area (Å²) in [4.78, 5) is 17.6. The number of ether oxygens (including phenoxy) is 1. The summed E-state index contributed by atoms with van der Waals surface area (Å²) in [6.07, 6.45) is 1.86. The number of aromatic nitrogens is 1. The molecule has 0 fully saturated rings. The van der Waals surface area contributed by atoms with Crippen LogP contribution >= 0.6 is 0 Å². The van der Waals surface area contributed by atoms with Gasteiger partial charge in [0.15, 0.2) is 0 Å². The van der Waals surface area contributed by atoms with Crippen molar-refractivity contribution in [1.29, 1.82) is 0 Å². The number of hydrogen-bond donors (Lipinski definition) is 1. The Kier molecular flexibility index (Phi) is 5.58. The molecule has 5 heteroatoms. The second kappa shape index (κ2) is 6.96. The van der Waals surface area contributed by atoms with Crippen LogP contribution in [-0.2, 0) is 4.74 Å². The van der Waals surface area contributed by atoms with Gasteiger partial charge in [-0.25, -0.2) is 9.78 Å². The molecule has 0 amide bonds. The van der Waals surface area contributed by atoms with Gasteiger partial charge in [0.05, 0.1) is 18.3 Å². The van der Waals surface area contributed by atoms with E-state index in [-0.39, 0.29) is 12.1 Å². The van der Waals surface area contributed by atoms with Gasteiger partial charge in [0.25, 0.3) is 0 Å². The van der Waals surface area contributed by atoms with Crippen molar-refractivity contribution in [1.82, 2.24) is 4.98 Å². The number of aliphatic hydroxyl groups excluding tert-OH is 1. The molecule has 1 atom stereocenters. The molecule has 1 unspecified atom stereocenters. The molecular formula is C13H20N2O3. The van der Waals surface area contributed by atoms with E-state index in [1.165, 1.54) is 6.20 Å². The molecule has 5 nitrogen and oxygen atoms in total. The lowest BCUT2D eigenvalue weighted by molar-refractivity contribution is 0.0526. The molecule has 0 spiro atoms. The highest BCUT2D eigenvalue weighted by molar-refractivity contribution is 5.89. The Morgan fingerprint density at radius 3 is 2.78 bits per heavy atom. The molecule has 0 saturated heterocycles. The second-order valence-corrected chi connectivity index (χ2v) is 4.18. The second-order valence-electron chi connectivity index (χ2n) is 4.18. The van der Waals surface area contributed by atoms with Gasteiger partial charge in [-0.3, -0.25) is 0 Å². The number of hydrogen-bond acceptors (Lipinski definition) is 5. The lowest BCUT2D eigenvalue weighted by Gasteiger charge is -2.18. The minimum absolute atomic E-state index is 0.328. The van der Waals surface area contributed by atoms with Crippen LogP contribution in [0.25, 0.3) is 0 Å². The van der Waals surface area contributed by atoms with Crippen molar-refractivity contribution in [2.24, 2.45) is 0 Å². The van der Waals surface area contributed by atoms with Crippen LogP contribution < -0.4 is 4.90 Å². The zero-order valence-electron chi connectivity index (χ0n) is 11.1. The predicted octanol–water partition coefficient (Wildman–Crippen LogP) is 1.47. The van der Waals surface area contributed by atoms with Crippen molar-refractivity contribution in [3.63, 3.8) is 0 Å². The van der Waals surface area contributed by atoms with Crippen molar-refractivity contribution < 1.29 is 14.6 Å². The summed E-state index contributed by atoms with van der Waals surface area (Å²) < 4.78 is 4.88. The van der Waals surface area contributed by atoms with Gasteiger partial charge in [0.1, 0.15) is 5.82 Å². The Morgan fingerprint density at radius 1 is 1.56 bits per heavy atom. The van der Waals surface area contributed by atoms with Crippen molar-refractivity contribution in [2.75, 3.05) is 25.1 Å². The normalized spacial score (nSPS) is 12.0. The highest BCUT2D eigenvalue weighted by atomic mass is 16.5. The molecule has 1 N–H and O–H groups in total. The minimum atomic E-state index is -0.358. The number of carbonyl (C=O) groups is 1. The molecular weight excluding hydrogens is 232 g/mol. The van der Waals surface area contributed by atoms with Gasteiger partial charge in [-0.2, -0.15) is 0 Å². The maximum Gasteiger partial charge on any atom is 0.339 e. The Bertz CT molecular complexity index is 376. The molecule has 18 heavy (non-hydrogen) atoms. The zero-order valence-corrected chi connectivity index (χ0v) is 11.1. The van der Waals surface area contributed by atoms with Crippen LogP contribution in [0.2, 0.25) is 0 Å². The van der Waals surface area contributed by atoms with E-state index in [2.05, 4.69) is 4.98 Å². The lowest BCUT2D eigenvalue weighted by atomic mass is 10.2. The van der Waals surface area contributed by atoms with Crippen molar-refractivity contribution >= 4 is 11.8 Å². The van der Waals surface area contributed by atoms with E-state index < -0.39 is 0 Å². The van der Waals surface area contributed by atoms with Crippen LogP contribution in [-0.4, -0.2) is 42.4 Å². The molecule has 0 radical (unpaired) electrons. The topological polar surface area (TPSA) is 62.7 Å². The maximum absolute atomic E-state index is 11.4. The predicted molar refractivity (Wildman–Crippen MR) is 69.8 cm³/mol. The van der Waals surface area contributed by atoms with Crippen LogP contribution in [0.4, 0.5) is 5.82 Å². The van der Waals surface area contributed by atoms with E-state index in [0.29, 0.717) is 25.1 Å². The molecule has 1 rings (SSSR count).